The minimum absolute atomic E-state index is 0.328. The molecule has 4 nitrogen and oxygen atoms in total. The third-order valence-corrected chi connectivity index (χ3v) is 3.35. The standard InChI is InChI=1S/C16H30N4/c1-10(2)9-20(12(5)6)16-13(7)15(17-8)18-14(19-16)11(3)4/h10-12H,9H2,1-8H3,(H,17,18,19). The molecule has 4 heteroatoms. The SMILES string of the molecule is CNc1nc(C(C)C)nc(N(CC(C)C)C(C)C)c1C. The minimum atomic E-state index is 0.328. The number of hydrogen-bond acceptors (Lipinski definition) is 4. The van der Waals surface area contributed by atoms with Crippen LogP contribution in [-0.4, -0.2) is 29.6 Å². The van der Waals surface area contributed by atoms with Crippen molar-refractivity contribution in [1.82, 2.24) is 9.97 Å². The van der Waals surface area contributed by atoms with Crippen molar-refractivity contribution in [3.63, 3.8) is 0 Å². The Morgan fingerprint density at radius 2 is 1.65 bits per heavy atom. The van der Waals surface area contributed by atoms with Gasteiger partial charge < -0.3 is 10.2 Å². The Bertz CT molecular complexity index is 438. The van der Waals surface area contributed by atoms with E-state index in [-0.39, 0.29) is 0 Å². The topological polar surface area (TPSA) is 41.1 Å². The van der Waals surface area contributed by atoms with Gasteiger partial charge in [0.2, 0.25) is 0 Å². The Labute approximate surface area is 124 Å². The summed E-state index contributed by atoms with van der Waals surface area (Å²) in [7, 11) is 1.92. The number of anilines is 2. The first-order chi connectivity index (χ1) is 9.27. The Balaban J connectivity index is 3.35. The third-order valence-electron chi connectivity index (χ3n) is 3.35. The van der Waals surface area contributed by atoms with Gasteiger partial charge >= 0.3 is 0 Å². The van der Waals surface area contributed by atoms with Gasteiger partial charge in [-0.15, -0.1) is 0 Å². The normalized spacial score (nSPS) is 11.6. The zero-order chi connectivity index (χ0) is 15.4. The molecule has 0 saturated carbocycles. The van der Waals surface area contributed by atoms with Crippen LogP contribution in [-0.2, 0) is 0 Å². The predicted octanol–water partition coefficient (Wildman–Crippen LogP) is 3.82. The van der Waals surface area contributed by atoms with Gasteiger partial charge in [-0.1, -0.05) is 27.7 Å². The fraction of sp³-hybridized carbons (Fsp3) is 0.750. The first-order valence-corrected chi connectivity index (χ1v) is 7.60. The lowest BCUT2D eigenvalue weighted by atomic mass is 10.1. The molecule has 114 valence electrons. The van der Waals surface area contributed by atoms with Gasteiger partial charge in [0.1, 0.15) is 17.5 Å². The molecule has 0 spiro atoms. The highest BCUT2D eigenvalue weighted by Gasteiger charge is 2.20. The summed E-state index contributed by atoms with van der Waals surface area (Å²) in [5.74, 6) is 3.84. The molecule has 0 fully saturated rings. The van der Waals surface area contributed by atoms with Gasteiger partial charge in [0, 0.05) is 31.1 Å². The summed E-state index contributed by atoms with van der Waals surface area (Å²) in [5, 5.41) is 3.20. The fourth-order valence-corrected chi connectivity index (χ4v) is 2.24. The maximum Gasteiger partial charge on any atom is 0.137 e. The van der Waals surface area contributed by atoms with E-state index in [1.54, 1.807) is 0 Å². The summed E-state index contributed by atoms with van der Waals surface area (Å²) in [6.45, 7) is 16.3. The summed E-state index contributed by atoms with van der Waals surface area (Å²) < 4.78 is 0. The molecule has 0 amide bonds. The third kappa shape index (κ3) is 3.84. The van der Waals surface area contributed by atoms with Crippen LogP contribution in [0.3, 0.4) is 0 Å². The lowest BCUT2D eigenvalue weighted by Gasteiger charge is -2.31. The second kappa shape index (κ2) is 6.91. The zero-order valence-electron chi connectivity index (χ0n) is 14.3. The van der Waals surface area contributed by atoms with Crippen molar-refractivity contribution < 1.29 is 0 Å². The highest BCUT2D eigenvalue weighted by atomic mass is 15.2. The molecule has 1 aromatic rings. The molecule has 1 rings (SSSR count). The van der Waals surface area contributed by atoms with Crippen LogP contribution < -0.4 is 10.2 Å². The van der Waals surface area contributed by atoms with Crippen LogP contribution in [0, 0.1) is 12.8 Å². The van der Waals surface area contributed by atoms with Gasteiger partial charge in [0.05, 0.1) is 0 Å². The number of nitrogens with one attached hydrogen (secondary N) is 1. The maximum absolute atomic E-state index is 4.83. The molecule has 0 unspecified atom stereocenters. The van der Waals surface area contributed by atoms with Crippen LogP contribution in [0.5, 0.6) is 0 Å². The van der Waals surface area contributed by atoms with Crippen molar-refractivity contribution in [1.29, 1.82) is 0 Å². The van der Waals surface area contributed by atoms with Crippen molar-refractivity contribution in [2.75, 3.05) is 23.8 Å². The molecule has 0 aliphatic rings. The number of rotatable bonds is 6. The van der Waals surface area contributed by atoms with E-state index in [4.69, 9.17) is 4.98 Å². The van der Waals surface area contributed by atoms with Crippen LogP contribution in [0.2, 0.25) is 0 Å². The van der Waals surface area contributed by atoms with E-state index in [0.717, 1.165) is 29.6 Å². The number of nitrogens with zero attached hydrogens (tertiary/aromatic N) is 3. The van der Waals surface area contributed by atoms with Gasteiger partial charge in [-0.05, 0) is 26.7 Å². The molecular formula is C16H30N4. The van der Waals surface area contributed by atoms with Crippen LogP contribution >= 0.6 is 0 Å². The van der Waals surface area contributed by atoms with Crippen LogP contribution in [0.1, 0.15) is 58.8 Å². The molecule has 0 aliphatic carbocycles. The monoisotopic (exact) mass is 278 g/mol. The van der Waals surface area contributed by atoms with Crippen LogP contribution in [0.25, 0.3) is 0 Å². The smallest absolute Gasteiger partial charge is 0.137 e. The average molecular weight is 278 g/mol. The molecule has 0 saturated heterocycles. The van der Waals surface area contributed by atoms with Gasteiger partial charge in [0.15, 0.2) is 0 Å². The summed E-state index contributed by atoms with van der Waals surface area (Å²) in [4.78, 5) is 11.8. The molecule has 0 atom stereocenters. The van der Waals surface area contributed by atoms with Gasteiger partial charge in [0.25, 0.3) is 0 Å². The molecule has 1 N–H and O–H groups in total. The van der Waals surface area contributed by atoms with Crippen molar-refractivity contribution in [2.24, 2.45) is 5.92 Å². The number of hydrogen-bond donors (Lipinski definition) is 1. The summed E-state index contributed by atoms with van der Waals surface area (Å²) in [6.07, 6.45) is 0. The van der Waals surface area contributed by atoms with Crippen molar-refractivity contribution in [2.45, 2.75) is 60.4 Å². The zero-order valence-corrected chi connectivity index (χ0v) is 14.3. The molecule has 0 radical (unpaired) electrons. The molecule has 20 heavy (non-hydrogen) atoms. The van der Waals surface area contributed by atoms with Gasteiger partial charge in [-0.3, -0.25) is 0 Å². The highest BCUT2D eigenvalue weighted by Crippen LogP contribution is 2.27. The Hall–Kier alpha value is -1.32. The summed E-state index contributed by atoms with van der Waals surface area (Å²) in [6, 6.07) is 0.427. The molecule has 0 bridgehead atoms. The van der Waals surface area contributed by atoms with E-state index < -0.39 is 0 Å². The van der Waals surface area contributed by atoms with E-state index in [2.05, 4.69) is 63.7 Å². The quantitative estimate of drug-likeness (QED) is 0.859. The molecule has 0 aromatic carbocycles. The first-order valence-electron chi connectivity index (χ1n) is 7.60. The molecule has 1 aromatic heterocycles. The minimum Gasteiger partial charge on any atom is -0.373 e. The van der Waals surface area contributed by atoms with Crippen molar-refractivity contribution in [3.8, 4) is 0 Å². The molecule has 1 heterocycles. The van der Waals surface area contributed by atoms with Gasteiger partial charge in [-0.25, -0.2) is 9.97 Å². The largest absolute Gasteiger partial charge is 0.373 e. The maximum atomic E-state index is 4.83. The van der Waals surface area contributed by atoms with E-state index >= 15 is 0 Å². The first kappa shape index (κ1) is 16.7. The van der Waals surface area contributed by atoms with E-state index in [0.29, 0.717) is 17.9 Å². The molecule has 0 aliphatic heterocycles. The fourth-order valence-electron chi connectivity index (χ4n) is 2.24. The lowest BCUT2D eigenvalue weighted by molar-refractivity contribution is 0.562. The summed E-state index contributed by atoms with van der Waals surface area (Å²) >= 11 is 0. The second-order valence-electron chi connectivity index (χ2n) is 6.42. The van der Waals surface area contributed by atoms with Crippen molar-refractivity contribution in [3.05, 3.63) is 11.4 Å². The highest BCUT2D eigenvalue weighted by molar-refractivity contribution is 5.59. The average Bonchev–Trinajstić information content (AvgIpc) is 2.35. The lowest BCUT2D eigenvalue weighted by Crippen LogP contribution is -2.36. The van der Waals surface area contributed by atoms with E-state index in [9.17, 15) is 0 Å². The summed E-state index contributed by atoms with van der Waals surface area (Å²) in [5.41, 5.74) is 1.13. The van der Waals surface area contributed by atoms with E-state index in [1.165, 1.54) is 0 Å². The number of aromatic nitrogens is 2. The van der Waals surface area contributed by atoms with Crippen LogP contribution in [0.15, 0.2) is 0 Å². The Morgan fingerprint density at radius 3 is 2.05 bits per heavy atom. The van der Waals surface area contributed by atoms with Crippen LogP contribution in [0.4, 0.5) is 11.6 Å². The molecular weight excluding hydrogens is 248 g/mol. The second-order valence-corrected chi connectivity index (χ2v) is 6.42. The van der Waals surface area contributed by atoms with Crippen molar-refractivity contribution >= 4 is 11.6 Å². The Kier molecular flexibility index (Phi) is 5.78. The Morgan fingerprint density at radius 1 is 1.05 bits per heavy atom. The van der Waals surface area contributed by atoms with E-state index in [1.807, 2.05) is 7.05 Å². The predicted molar refractivity (Wildman–Crippen MR) is 87.7 cm³/mol. The van der Waals surface area contributed by atoms with Gasteiger partial charge in [-0.2, -0.15) is 0 Å².